The van der Waals surface area contributed by atoms with E-state index in [0.29, 0.717) is 6.54 Å². The van der Waals surface area contributed by atoms with E-state index in [0.717, 1.165) is 36.5 Å². The molecule has 0 saturated carbocycles. The lowest BCUT2D eigenvalue weighted by atomic mass is 10.1. The van der Waals surface area contributed by atoms with E-state index in [-0.39, 0.29) is 11.6 Å². The molecule has 0 spiro atoms. The van der Waals surface area contributed by atoms with Gasteiger partial charge in [0, 0.05) is 20.6 Å². The summed E-state index contributed by atoms with van der Waals surface area (Å²) in [5.74, 6) is 0.366. The first kappa shape index (κ1) is 16.3. The fraction of sp³-hybridized carbons (Fsp3) is 0.389. The van der Waals surface area contributed by atoms with Crippen LogP contribution in [0.2, 0.25) is 0 Å². The van der Waals surface area contributed by atoms with Crippen LogP contribution in [-0.2, 0) is 6.54 Å². The summed E-state index contributed by atoms with van der Waals surface area (Å²) in [7, 11) is 3.87. The van der Waals surface area contributed by atoms with Crippen LogP contribution in [-0.4, -0.2) is 35.7 Å². The smallest absolute Gasteiger partial charge is 0.150 e. The summed E-state index contributed by atoms with van der Waals surface area (Å²) >= 11 is 0. The number of nitriles is 1. The molecule has 0 N–H and O–H groups in total. The molecule has 0 radical (unpaired) electrons. The van der Waals surface area contributed by atoms with Crippen molar-refractivity contribution in [1.29, 1.82) is 5.26 Å². The highest BCUT2D eigenvalue weighted by Crippen LogP contribution is 2.32. The second kappa shape index (κ2) is 6.93. The lowest BCUT2D eigenvalue weighted by Gasteiger charge is -2.24. The Bertz CT molecular complexity index is 751. The molecule has 1 aliphatic rings. The molecule has 1 aliphatic heterocycles. The van der Waals surface area contributed by atoms with Crippen LogP contribution in [0.4, 0.5) is 10.2 Å². The molecule has 1 unspecified atom stereocenters. The Morgan fingerprint density at radius 1 is 1.29 bits per heavy atom. The third-order valence-electron chi connectivity index (χ3n) is 4.37. The molecule has 1 aromatic carbocycles. The van der Waals surface area contributed by atoms with Crippen molar-refractivity contribution >= 4 is 5.82 Å². The zero-order valence-corrected chi connectivity index (χ0v) is 13.9. The zero-order chi connectivity index (χ0) is 17.1. The van der Waals surface area contributed by atoms with E-state index < -0.39 is 5.82 Å². The van der Waals surface area contributed by atoms with Crippen molar-refractivity contribution in [3.05, 3.63) is 53.0 Å². The fourth-order valence-electron chi connectivity index (χ4n) is 3.09. The van der Waals surface area contributed by atoms with Gasteiger partial charge in [-0.15, -0.1) is 5.10 Å². The van der Waals surface area contributed by atoms with Crippen molar-refractivity contribution in [2.75, 3.05) is 25.5 Å². The number of hydrogen-bond donors (Lipinski definition) is 0. The van der Waals surface area contributed by atoms with Crippen LogP contribution >= 0.6 is 0 Å². The van der Waals surface area contributed by atoms with Gasteiger partial charge < -0.3 is 4.90 Å². The lowest BCUT2D eigenvalue weighted by molar-refractivity contribution is 0.243. The van der Waals surface area contributed by atoms with Crippen molar-refractivity contribution in [3.8, 4) is 6.07 Å². The van der Waals surface area contributed by atoms with Crippen LogP contribution < -0.4 is 4.90 Å². The molecule has 1 saturated heterocycles. The van der Waals surface area contributed by atoms with Crippen LogP contribution in [0.15, 0.2) is 30.3 Å². The maximum absolute atomic E-state index is 13.5. The lowest BCUT2D eigenvalue weighted by Crippen LogP contribution is -2.24. The topological polar surface area (TPSA) is 56.0 Å². The highest BCUT2D eigenvalue weighted by molar-refractivity contribution is 5.36. The van der Waals surface area contributed by atoms with E-state index in [1.54, 1.807) is 12.1 Å². The average molecular weight is 325 g/mol. The largest absolute Gasteiger partial charge is 0.361 e. The predicted octanol–water partition coefficient (Wildman–Crippen LogP) is 2.89. The van der Waals surface area contributed by atoms with Crippen LogP contribution in [0.3, 0.4) is 0 Å². The minimum absolute atomic E-state index is 0.0957. The number of hydrogen-bond acceptors (Lipinski definition) is 5. The summed E-state index contributed by atoms with van der Waals surface area (Å²) in [5.41, 5.74) is 2.00. The summed E-state index contributed by atoms with van der Waals surface area (Å²) in [6.45, 7) is 1.64. The third-order valence-corrected chi connectivity index (χ3v) is 4.37. The molecule has 2 aromatic rings. The molecule has 2 heterocycles. The Morgan fingerprint density at radius 3 is 2.79 bits per heavy atom. The summed E-state index contributed by atoms with van der Waals surface area (Å²) in [5, 5.41) is 17.6. The molecule has 1 aromatic heterocycles. The molecule has 5 nitrogen and oxygen atoms in total. The van der Waals surface area contributed by atoms with Crippen LogP contribution in [0, 0.1) is 17.1 Å². The van der Waals surface area contributed by atoms with Crippen molar-refractivity contribution in [1.82, 2.24) is 15.1 Å². The standard InChI is InChI=1S/C18H20FN5/c1-23(2)18-8-7-16(21-22-18)17-4-3-9-24(17)12-13-5-6-15(19)14(10-13)11-20/h5-8,10,17H,3-4,9,12H2,1-2H3. The van der Waals surface area contributed by atoms with Crippen molar-refractivity contribution in [2.24, 2.45) is 0 Å². The van der Waals surface area contributed by atoms with Crippen molar-refractivity contribution < 1.29 is 4.39 Å². The van der Waals surface area contributed by atoms with E-state index in [2.05, 4.69) is 15.1 Å². The Hall–Kier alpha value is -2.52. The maximum atomic E-state index is 13.5. The molecule has 0 aliphatic carbocycles. The van der Waals surface area contributed by atoms with E-state index in [4.69, 9.17) is 5.26 Å². The first-order chi connectivity index (χ1) is 11.6. The van der Waals surface area contributed by atoms with Gasteiger partial charge in [-0.3, -0.25) is 4.90 Å². The van der Waals surface area contributed by atoms with Gasteiger partial charge in [-0.05, 0) is 49.2 Å². The second-order valence-electron chi connectivity index (χ2n) is 6.27. The second-order valence-corrected chi connectivity index (χ2v) is 6.27. The van der Waals surface area contributed by atoms with Gasteiger partial charge in [-0.1, -0.05) is 6.07 Å². The first-order valence-corrected chi connectivity index (χ1v) is 8.02. The number of halogens is 1. The van der Waals surface area contributed by atoms with Crippen LogP contribution in [0.5, 0.6) is 0 Å². The van der Waals surface area contributed by atoms with Gasteiger partial charge in [-0.25, -0.2) is 4.39 Å². The number of rotatable bonds is 4. The number of nitrogens with zero attached hydrogens (tertiary/aromatic N) is 5. The molecule has 0 amide bonds. The zero-order valence-electron chi connectivity index (χ0n) is 13.9. The molecule has 124 valence electrons. The SMILES string of the molecule is CN(C)c1ccc(C2CCCN2Cc2ccc(F)c(C#N)c2)nn1. The van der Waals surface area contributed by atoms with Crippen LogP contribution in [0.25, 0.3) is 0 Å². The van der Waals surface area contributed by atoms with Gasteiger partial charge >= 0.3 is 0 Å². The summed E-state index contributed by atoms with van der Waals surface area (Å²) in [6, 6.07) is 10.9. The number of anilines is 1. The molecule has 0 bridgehead atoms. The minimum Gasteiger partial charge on any atom is -0.361 e. The quantitative estimate of drug-likeness (QED) is 0.865. The van der Waals surface area contributed by atoms with Gasteiger partial charge in [-0.2, -0.15) is 10.4 Å². The van der Waals surface area contributed by atoms with Crippen LogP contribution in [0.1, 0.15) is 35.7 Å². The number of aromatic nitrogens is 2. The maximum Gasteiger partial charge on any atom is 0.150 e. The highest BCUT2D eigenvalue weighted by Gasteiger charge is 2.27. The molecule has 3 rings (SSSR count). The monoisotopic (exact) mass is 325 g/mol. The van der Waals surface area contributed by atoms with Gasteiger partial charge in [0.05, 0.1) is 17.3 Å². The van der Waals surface area contributed by atoms with E-state index in [1.165, 1.54) is 6.07 Å². The summed E-state index contributed by atoms with van der Waals surface area (Å²) in [4.78, 5) is 4.23. The normalized spacial score (nSPS) is 17.7. The fourth-order valence-corrected chi connectivity index (χ4v) is 3.09. The molecule has 24 heavy (non-hydrogen) atoms. The molecular formula is C18H20FN5. The molecule has 1 fully saturated rings. The number of likely N-dealkylation sites (tertiary alicyclic amines) is 1. The Labute approximate surface area is 141 Å². The predicted molar refractivity (Wildman–Crippen MR) is 89.9 cm³/mol. The third kappa shape index (κ3) is 3.36. The van der Waals surface area contributed by atoms with E-state index >= 15 is 0 Å². The molecule has 6 heteroatoms. The van der Waals surface area contributed by atoms with Gasteiger partial charge in [0.1, 0.15) is 11.9 Å². The molecular weight excluding hydrogens is 305 g/mol. The number of benzene rings is 1. The van der Waals surface area contributed by atoms with Gasteiger partial charge in [0.15, 0.2) is 5.82 Å². The van der Waals surface area contributed by atoms with E-state index in [1.807, 2.05) is 37.2 Å². The Balaban J connectivity index is 1.77. The molecule has 1 atom stereocenters. The van der Waals surface area contributed by atoms with Crippen molar-refractivity contribution in [3.63, 3.8) is 0 Å². The average Bonchev–Trinajstić information content (AvgIpc) is 3.04. The Morgan fingerprint density at radius 2 is 2.12 bits per heavy atom. The van der Waals surface area contributed by atoms with Crippen molar-refractivity contribution in [2.45, 2.75) is 25.4 Å². The minimum atomic E-state index is -0.468. The van der Waals surface area contributed by atoms with Gasteiger partial charge in [0.25, 0.3) is 0 Å². The van der Waals surface area contributed by atoms with E-state index in [9.17, 15) is 4.39 Å². The Kier molecular flexibility index (Phi) is 4.72. The van der Waals surface area contributed by atoms with Gasteiger partial charge in [0.2, 0.25) is 0 Å². The summed E-state index contributed by atoms with van der Waals surface area (Å²) < 4.78 is 13.5. The summed E-state index contributed by atoms with van der Waals surface area (Å²) in [6.07, 6.45) is 2.12. The first-order valence-electron chi connectivity index (χ1n) is 8.02. The highest BCUT2D eigenvalue weighted by atomic mass is 19.1.